The lowest BCUT2D eigenvalue weighted by atomic mass is 9.84. The van der Waals surface area contributed by atoms with E-state index in [2.05, 4.69) is 10.2 Å². The molecule has 1 N–H and O–H groups in total. The Balaban J connectivity index is 1.29. The first kappa shape index (κ1) is 15.7. The molecule has 26 heavy (non-hydrogen) atoms. The van der Waals surface area contributed by atoms with Crippen molar-refractivity contribution in [3.8, 4) is 11.5 Å². The fourth-order valence-corrected chi connectivity index (χ4v) is 4.22. The maximum atomic E-state index is 12.7. The molecular formula is C21H22N2O3. The van der Waals surface area contributed by atoms with Gasteiger partial charge in [-0.1, -0.05) is 30.3 Å². The van der Waals surface area contributed by atoms with Crippen LogP contribution in [-0.4, -0.2) is 36.5 Å². The van der Waals surface area contributed by atoms with Crippen molar-refractivity contribution in [2.24, 2.45) is 5.92 Å². The maximum absolute atomic E-state index is 12.7. The molecule has 2 unspecified atom stereocenters. The van der Waals surface area contributed by atoms with Gasteiger partial charge in [-0.3, -0.25) is 4.79 Å². The van der Waals surface area contributed by atoms with Crippen molar-refractivity contribution in [1.29, 1.82) is 0 Å². The van der Waals surface area contributed by atoms with E-state index in [0.717, 1.165) is 12.1 Å². The van der Waals surface area contributed by atoms with Gasteiger partial charge in [0.2, 0.25) is 0 Å². The molecule has 2 atom stereocenters. The Kier molecular flexibility index (Phi) is 3.82. The Morgan fingerprint density at radius 1 is 1.00 bits per heavy atom. The zero-order chi connectivity index (χ0) is 17.5. The molecule has 4 aliphatic heterocycles. The molecule has 0 aliphatic carbocycles. The summed E-state index contributed by atoms with van der Waals surface area (Å²) >= 11 is 0. The molecule has 6 rings (SSSR count). The number of hydrogen-bond donors (Lipinski definition) is 1. The lowest BCUT2D eigenvalue weighted by molar-refractivity contribution is 0.0486. The number of nitrogens with one attached hydrogen (secondary N) is 1. The van der Waals surface area contributed by atoms with E-state index in [1.54, 1.807) is 6.07 Å². The lowest BCUT2D eigenvalue weighted by Crippen LogP contribution is -2.57. The summed E-state index contributed by atoms with van der Waals surface area (Å²) in [6, 6.07) is 15.5. The fourth-order valence-electron chi connectivity index (χ4n) is 4.22. The third kappa shape index (κ3) is 2.82. The number of amides is 1. The Labute approximate surface area is 152 Å². The average Bonchev–Trinajstić information content (AvgIpc) is 3.13. The SMILES string of the molecule is O=C(NC1CN2CCC1CC2)c1ccc2c(c1)OC(c1ccccc1)O2. The molecule has 0 saturated carbocycles. The standard InChI is InChI=1S/C21H22N2O3/c24-20(22-17-13-23-10-8-14(17)9-11-23)16-6-7-18-19(12-16)26-21(25-18)15-4-2-1-3-5-15/h1-7,12,14,17,21H,8-11,13H2,(H,22,24). The Morgan fingerprint density at radius 2 is 1.77 bits per heavy atom. The molecule has 0 aromatic heterocycles. The van der Waals surface area contributed by atoms with Crippen molar-refractivity contribution in [2.45, 2.75) is 25.2 Å². The van der Waals surface area contributed by atoms with Crippen molar-refractivity contribution in [3.05, 3.63) is 59.7 Å². The van der Waals surface area contributed by atoms with Gasteiger partial charge in [-0.2, -0.15) is 0 Å². The number of carbonyl (C=O) groups is 1. The molecule has 2 bridgehead atoms. The topological polar surface area (TPSA) is 50.8 Å². The Bertz CT molecular complexity index is 815. The molecule has 3 saturated heterocycles. The van der Waals surface area contributed by atoms with E-state index in [0.29, 0.717) is 23.0 Å². The van der Waals surface area contributed by atoms with Crippen LogP contribution in [0.1, 0.15) is 35.1 Å². The predicted octanol–water partition coefficient (Wildman–Crippen LogP) is 2.98. The number of hydrogen-bond acceptors (Lipinski definition) is 4. The van der Waals surface area contributed by atoms with Crippen molar-refractivity contribution >= 4 is 5.91 Å². The summed E-state index contributed by atoms with van der Waals surface area (Å²) < 4.78 is 11.8. The molecule has 2 aromatic carbocycles. The highest BCUT2D eigenvalue weighted by Gasteiger charge is 2.35. The summed E-state index contributed by atoms with van der Waals surface area (Å²) in [4.78, 5) is 15.2. The van der Waals surface area contributed by atoms with Gasteiger partial charge in [-0.25, -0.2) is 0 Å². The van der Waals surface area contributed by atoms with E-state index in [4.69, 9.17) is 9.47 Å². The van der Waals surface area contributed by atoms with Gasteiger partial charge < -0.3 is 19.7 Å². The van der Waals surface area contributed by atoms with Gasteiger partial charge in [0.05, 0.1) is 0 Å². The highest BCUT2D eigenvalue weighted by atomic mass is 16.7. The lowest BCUT2D eigenvalue weighted by Gasteiger charge is -2.44. The number of nitrogens with zero attached hydrogens (tertiary/aromatic N) is 1. The minimum atomic E-state index is -0.452. The Hall–Kier alpha value is -2.53. The van der Waals surface area contributed by atoms with Crippen LogP contribution < -0.4 is 14.8 Å². The average molecular weight is 350 g/mol. The van der Waals surface area contributed by atoms with Gasteiger partial charge in [-0.05, 0) is 50.0 Å². The van der Waals surface area contributed by atoms with E-state index in [1.165, 1.54) is 25.9 Å². The first-order chi connectivity index (χ1) is 12.8. The predicted molar refractivity (Wildman–Crippen MR) is 97.3 cm³/mol. The highest BCUT2D eigenvalue weighted by molar-refractivity contribution is 5.95. The van der Waals surface area contributed by atoms with Crippen LogP contribution in [0.15, 0.2) is 48.5 Å². The molecule has 5 nitrogen and oxygen atoms in total. The minimum Gasteiger partial charge on any atom is -0.447 e. The van der Waals surface area contributed by atoms with Crippen LogP contribution in [-0.2, 0) is 0 Å². The van der Waals surface area contributed by atoms with Gasteiger partial charge in [0.1, 0.15) is 0 Å². The quantitative estimate of drug-likeness (QED) is 0.925. The maximum Gasteiger partial charge on any atom is 0.267 e. The molecule has 4 aliphatic rings. The zero-order valence-corrected chi connectivity index (χ0v) is 14.6. The number of fused-ring (bicyclic) bond motifs is 4. The van der Waals surface area contributed by atoms with E-state index in [1.807, 2.05) is 42.5 Å². The summed E-state index contributed by atoms with van der Waals surface area (Å²) in [5.74, 6) is 1.89. The largest absolute Gasteiger partial charge is 0.447 e. The highest BCUT2D eigenvalue weighted by Crippen LogP contribution is 2.40. The number of ether oxygens (including phenoxy) is 2. The first-order valence-corrected chi connectivity index (χ1v) is 9.32. The van der Waals surface area contributed by atoms with Crippen LogP contribution in [0.2, 0.25) is 0 Å². The molecule has 1 amide bonds. The summed E-state index contributed by atoms with van der Waals surface area (Å²) in [7, 11) is 0. The first-order valence-electron chi connectivity index (χ1n) is 9.32. The normalized spacial score (nSPS) is 28.8. The van der Waals surface area contributed by atoms with E-state index in [9.17, 15) is 4.79 Å². The van der Waals surface area contributed by atoms with Gasteiger partial charge in [0.25, 0.3) is 12.2 Å². The second-order valence-electron chi connectivity index (χ2n) is 7.36. The van der Waals surface area contributed by atoms with Gasteiger partial charge in [-0.15, -0.1) is 0 Å². The van der Waals surface area contributed by atoms with Crippen molar-refractivity contribution in [3.63, 3.8) is 0 Å². The molecule has 0 spiro atoms. The molecular weight excluding hydrogens is 328 g/mol. The monoisotopic (exact) mass is 350 g/mol. The van der Waals surface area contributed by atoms with Crippen LogP contribution in [0, 0.1) is 5.92 Å². The molecule has 134 valence electrons. The second kappa shape index (κ2) is 6.32. The zero-order valence-electron chi connectivity index (χ0n) is 14.6. The third-order valence-corrected chi connectivity index (χ3v) is 5.72. The molecule has 3 fully saturated rings. The van der Waals surface area contributed by atoms with E-state index >= 15 is 0 Å². The minimum absolute atomic E-state index is 0.0293. The van der Waals surface area contributed by atoms with Gasteiger partial charge in [0.15, 0.2) is 11.5 Å². The third-order valence-electron chi connectivity index (χ3n) is 5.72. The van der Waals surface area contributed by atoms with Crippen molar-refractivity contribution in [1.82, 2.24) is 10.2 Å². The number of piperidine rings is 3. The van der Waals surface area contributed by atoms with E-state index in [-0.39, 0.29) is 11.9 Å². The smallest absolute Gasteiger partial charge is 0.267 e. The van der Waals surface area contributed by atoms with E-state index < -0.39 is 6.29 Å². The molecule has 0 radical (unpaired) electrons. The van der Waals surface area contributed by atoms with Gasteiger partial charge in [0, 0.05) is 23.7 Å². The van der Waals surface area contributed by atoms with Crippen LogP contribution >= 0.6 is 0 Å². The summed E-state index contributed by atoms with van der Waals surface area (Å²) in [5, 5.41) is 3.22. The molecule has 5 heteroatoms. The fraction of sp³-hybridized carbons (Fsp3) is 0.381. The number of rotatable bonds is 3. The number of benzene rings is 2. The van der Waals surface area contributed by atoms with Crippen LogP contribution in [0.25, 0.3) is 0 Å². The van der Waals surface area contributed by atoms with Crippen molar-refractivity contribution in [2.75, 3.05) is 19.6 Å². The van der Waals surface area contributed by atoms with Crippen molar-refractivity contribution < 1.29 is 14.3 Å². The summed E-state index contributed by atoms with van der Waals surface area (Å²) in [5.41, 5.74) is 1.58. The molecule has 2 aromatic rings. The Morgan fingerprint density at radius 3 is 2.50 bits per heavy atom. The summed E-state index contributed by atoms with van der Waals surface area (Å²) in [6.07, 6.45) is 1.92. The molecule has 4 heterocycles. The van der Waals surface area contributed by atoms with Crippen LogP contribution in [0.3, 0.4) is 0 Å². The second-order valence-corrected chi connectivity index (χ2v) is 7.36. The van der Waals surface area contributed by atoms with Gasteiger partial charge >= 0.3 is 0 Å². The van der Waals surface area contributed by atoms with Crippen LogP contribution in [0.5, 0.6) is 11.5 Å². The summed E-state index contributed by atoms with van der Waals surface area (Å²) in [6.45, 7) is 3.31. The number of carbonyl (C=O) groups excluding carboxylic acids is 1. The van der Waals surface area contributed by atoms with Crippen LogP contribution in [0.4, 0.5) is 0 Å².